The first kappa shape index (κ1) is 13.5. The first-order chi connectivity index (χ1) is 9.31. The number of hydrogen-bond acceptors (Lipinski definition) is 2. The van der Waals surface area contributed by atoms with Crippen molar-refractivity contribution in [1.29, 1.82) is 0 Å². The van der Waals surface area contributed by atoms with Gasteiger partial charge in [0.2, 0.25) is 0 Å². The highest BCUT2D eigenvalue weighted by Crippen LogP contribution is 2.20. The number of para-hydroxylation sites is 2. The van der Waals surface area contributed by atoms with Crippen LogP contribution in [-0.4, -0.2) is 6.54 Å². The molecule has 0 fully saturated rings. The van der Waals surface area contributed by atoms with Crippen LogP contribution >= 0.6 is 0 Å². The number of nitrogens with zero attached hydrogens (tertiary/aromatic N) is 1. The number of benzene rings is 2. The molecule has 0 atom stereocenters. The largest absolute Gasteiger partial charge is 0.398 e. The molecule has 0 saturated carbocycles. The maximum atomic E-state index is 6.05. The van der Waals surface area contributed by atoms with E-state index in [0.29, 0.717) is 0 Å². The molecule has 0 spiro atoms. The van der Waals surface area contributed by atoms with E-state index in [4.69, 9.17) is 5.73 Å². The van der Waals surface area contributed by atoms with E-state index in [9.17, 15) is 0 Å². The van der Waals surface area contributed by atoms with E-state index in [1.54, 1.807) is 0 Å². The van der Waals surface area contributed by atoms with Gasteiger partial charge in [-0.2, -0.15) is 0 Å². The second-order valence-electron chi connectivity index (χ2n) is 4.81. The summed E-state index contributed by atoms with van der Waals surface area (Å²) in [5.74, 6) is 0. The number of anilines is 2. The van der Waals surface area contributed by atoms with Crippen LogP contribution in [-0.2, 0) is 6.54 Å². The maximum absolute atomic E-state index is 6.05. The zero-order valence-corrected chi connectivity index (χ0v) is 11.5. The van der Waals surface area contributed by atoms with E-state index in [-0.39, 0.29) is 0 Å². The molecule has 0 amide bonds. The highest BCUT2D eigenvalue weighted by Gasteiger charge is 2.08. The van der Waals surface area contributed by atoms with Crippen LogP contribution in [0.4, 0.5) is 11.4 Å². The average molecular weight is 254 g/mol. The van der Waals surface area contributed by atoms with Gasteiger partial charge in [0, 0.05) is 24.5 Å². The highest BCUT2D eigenvalue weighted by atomic mass is 15.1. The van der Waals surface area contributed by atoms with Gasteiger partial charge < -0.3 is 10.6 Å². The molecule has 2 heteroatoms. The second kappa shape index (κ2) is 6.83. The summed E-state index contributed by atoms with van der Waals surface area (Å²) < 4.78 is 0. The van der Waals surface area contributed by atoms with Gasteiger partial charge in [0.25, 0.3) is 0 Å². The third kappa shape index (κ3) is 3.75. The zero-order valence-electron chi connectivity index (χ0n) is 11.5. The van der Waals surface area contributed by atoms with Crippen LogP contribution in [0.3, 0.4) is 0 Å². The summed E-state index contributed by atoms with van der Waals surface area (Å²) in [5.41, 5.74) is 9.38. The predicted molar refractivity (Wildman–Crippen MR) is 83.3 cm³/mol. The lowest BCUT2D eigenvalue weighted by molar-refractivity contribution is 0.716. The highest BCUT2D eigenvalue weighted by molar-refractivity contribution is 5.52. The summed E-state index contributed by atoms with van der Waals surface area (Å²) >= 11 is 0. The molecule has 0 aliphatic heterocycles. The third-order valence-corrected chi connectivity index (χ3v) is 3.32. The van der Waals surface area contributed by atoms with Gasteiger partial charge in [-0.3, -0.25) is 0 Å². The van der Waals surface area contributed by atoms with Crippen molar-refractivity contribution in [2.45, 2.75) is 26.3 Å². The number of unbranched alkanes of at least 4 members (excludes halogenated alkanes) is 1. The van der Waals surface area contributed by atoms with Crippen molar-refractivity contribution in [2.75, 3.05) is 17.2 Å². The summed E-state index contributed by atoms with van der Waals surface area (Å²) in [4.78, 5) is 2.40. The van der Waals surface area contributed by atoms with Gasteiger partial charge in [0.15, 0.2) is 0 Å². The van der Waals surface area contributed by atoms with Gasteiger partial charge in [0.1, 0.15) is 0 Å². The van der Waals surface area contributed by atoms with Crippen molar-refractivity contribution >= 4 is 11.4 Å². The Morgan fingerprint density at radius 3 is 2.32 bits per heavy atom. The van der Waals surface area contributed by atoms with Crippen LogP contribution in [0.5, 0.6) is 0 Å². The van der Waals surface area contributed by atoms with E-state index < -0.39 is 0 Å². The molecule has 0 unspecified atom stereocenters. The van der Waals surface area contributed by atoms with Crippen molar-refractivity contribution in [3.63, 3.8) is 0 Å². The normalized spacial score (nSPS) is 10.4. The smallest absolute Gasteiger partial charge is 0.0449 e. The SMILES string of the molecule is CCCCN(Cc1ccccc1N)c1ccccc1. The predicted octanol–water partition coefficient (Wildman–Crippen LogP) is 4.08. The van der Waals surface area contributed by atoms with E-state index in [2.05, 4.69) is 54.3 Å². The fourth-order valence-corrected chi connectivity index (χ4v) is 2.17. The molecule has 0 bridgehead atoms. The fourth-order valence-electron chi connectivity index (χ4n) is 2.17. The fraction of sp³-hybridized carbons (Fsp3) is 0.294. The molecule has 0 saturated heterocycles. The van der Waals surface area contributed by atoms with Gasteiger partial charge >= 0.3 is 0 Å². The van der Waals surface area contributed by atoms with Gasteiger partial charge in [-0.25, -0.2) is 0 Å². The Labute approximate surface area is 115 Å². The van der Waals surface area contributed by atoms with Crippen LogP contribution in [0, 0.1) is 0 Å². The van der Waals surface area contributed by atoms with Gasteiger partial charge in [0.05, 0.1) is 0 Å². The molecule has 2 nitrogen and oxygen atoms in total. The van der Waals surface area contributed by atoms with Gasteiger partial charge in [-0.15, -0.1) is 0 Å². The third-order valence-electron chi connectivity index (χ3n) is 3.32. The molecular formula is C17H22N2. The summed E-state index contributed by atoms with van der Waals surface area (Å²) in [5, 5.41) is 0. The van der Waals surface area contributed by atoms with Gasteiger partial charge in [-0.1, -0.05) is 49.7 Å². The van der Waals surface area contributed by atoms with Crippen LogP contribution < -0.4 is 10.6 Å². The summed E-state index contributed by atoms with van der Waals surface area (Å²) in [6.45, 7) is 4.16. The number of nitrogen functional groups attached to an aromatic ring is 1. The van der Waals surface area contributed by atoms with Crippen LogP contribution in [0.1, 0.15) is 25.3 Å². The van der Waals surface area contributed by atoms with Crippen LogP contribution in [0.25, 0.3) is 0 Å². The number of hydrogen-bond donors (Lipinski definition) is 1. The molecule has 2 aromatic carbocycles. The first-order valence-corrected chi connectivity index (χ1v) is 6.94. The Morgan fingerprint density at radius 2 is 1.63 bits per heavy atom. The topological polar surface area (TPSA) is 29.3 Å². The molecule has 19 heavy (non-hydrogen) atoms. The minimum Gasteiger partial charge on any atom is -0.398 e. The molecule has 2 aromatic rings. The first-order valence-electron chi connectivity index (χ1n) is 6.94. The second-order valence-corrected chi connectivity index (χ2v) is 4.81. The Kier molecular flexibility index (Phi) is 4.85. The molecule has 100 valence electrons. The summed E-state index contributed by atoms with van der Waals surface area (Å²) in [6, 6.07) is 18.7. The van der Waals surface area contributed by atoms with E-state index >= 15 is 0 Å². The van der Waals surface area contributed by atoms with Gasteiger partial charge in [-0.05, 0) is 30.2 Å². The molecule has 2 rings (SSSR count). The molecule has 0 heterocycles. The Morgan fingerprint density at radius 1 is 0.947 bits per heavy atom. The minimum atomic E-state index is 0.872. The zero-order chi connectivity index (χ0) is 13.5. The van der Waals surface area contributed by atoms with E-state index in [1.807, 2.05) is 12.1 Å². The summed E-state index contributed by atoms with van der Waals surface area (Å²) in [6.07, 6.45) is 2.40. The number of rotatable bonds is 6. The van der Waals surface area contributed by atoms with Crippen molar-refractivity contribution in [3.8, 4) is 0 Å². The van der Waals surface area contributed by atoms with Crippen LogP contribution in [0.2, 0.25) is 0 Å². The van der Waals surface area contributed by atoms with Crippen molar-refractivity contribution in [2.24, 2.45) is 0 Å². The monoisotopic (exact) mass is 254 g/mol. The number of nitrogens with two attached hydrogens (primary N) is 1. The molecular weight excluding hydrogens is 232 g/mol. The van der Waals surface area contributed by atoms with Crippen molar-refractivity contribution < 1.29 is 0 Å². The lowest BCUT2D eigenvalue weighted by Gasteiger charge is -2.25. The van der Waals surface area contributed by atoms with E-state index in [1.165, 1.54) is 24.1 Å². The lowest BCUT2D eigenvalue weighted by Crippen LogP contribution is -2.24. The molecule has 0 aliphatic rings. The Hall–Kier alpha value is -1.96. The molecule has 2 N–H and O–H groups in total. The Bertz CT molecular complexity index is 494. The average Bonchev–Trinajstić information content (AvgIpc) is 2.46. The van der Waals surface area contributed by atoms with Crippen molar-refractivity contribution in [3.05, 3.63) is 60.2 Å². The molecule has 0 aliphatic carbocycles. The Balaban J connectivity index is 2.17. The van der Waals surface area contributed by atoms with E-state index in [0.717, 1.165) is 18.8 Å². The standard InChI is InChI=1S/C17H22N2/c1-2-3-13-19(16-10-5-4-6-11-16)14-15-9-7-8-12-17(15)18/h4-12H,2-3,13-14,18H2,1H3. The molecule has 0 radical (unpaired) electrons. The lowest BCUT2D eigenvalue weighted by atomic mass is 10.1. The minimum absolute atomic E-state index is 0.872. The maximum Gasteiger partial charge on any atom is 0.0449 e. The molecule has 0 aromatic heterocycles. The quantitative estimate of drug-likeness (QED) is 0.787. The van der Waals surface area contributed by atoms with Crippen molar-refractivity contribution in [1.82, 2.24) is 0 Å². The van der Waals surface area contributed by atoms with Crippen LogP contribution in [0.15, 0.2) is 54.6 Å². The summed E-state index contributed by atoms with van der Waals surface area (Å²) in [7, 11) is 0.